The van der Waals surface area contributed by atoms with Gasteiger partial charge < -0.3 is 20.6 Å². The Morgan fingerprint density at radius 1 is 1.05 bits per heavy atom. The van der Waals surface area contributed by atoms with E-state index in [1.807, 2.05) is 65.3 Å². The number of carbonyl (C=O) groups is 1. The molecule has 3 fully saturated rings. The summed E-state index contributed by atoms with van der Waals surface area (Å²) in [5.74, 6) is 1.92. The number of rotatable bonds is 6. The summed E-state index contributed by atoms with van der Waals surface area (Å²) < 4.78 is 1.83. The number of fused-ring (bicyclic) bond motifs is 2. The summed E-state index contributed by atoms with van der Waals surface area (Å²) in [5.41, 5.74) is 3.62. The molecule has 2 aromatic heterocycles. The molecule has 1 amide bonds. The minimum Gasteiger partial charge on any atom is -0.385 e. The van der Waals surface area contributed by atoms with Crippen LogP contribution in [0.1, 0.15) is 40.2 Å². The molecule has 0 unspecified atom stereocenters. The van der Waals surface area contributed by atoms with Crippen LogP contribution in [0.5, 0.6) is 0 Å². The predicted octanol–water partition coefficient (Wildman–Crippen LogP) is 3.41. The van der Waals surface area contributed by atoms with Gasteiger partial charge in [-0.2, -0.15) is 5.10 Å². The van der Waals surface area contributed by atoms with Crippen molar-refractivity contribution in [2.24, 2.45) is 11.8 Å². The fourth-order valence-corrected chi connectivity index (χ4v) is 6.37. The molecule has 9 heteroatoms. The first-order chi connectivity index (χ1) is 19.0. The summed E-state index contributed by atoms with van der Waals surface area (Å²) in [6.45, 7) is 3.43. The third-order valence-electron chi connectivity index (χ3n) is 8.67. The number of nitrogens with one attached hydrogen (secondary N) is 2. The van der Waals surface area contributed by atoms with E-state index in [4.69, 9.17) is 21.7 Å². The normalized spacial score (nSPS) is 23.5. The molecule has 4 aromatic rings. The van der Waals surface area contributed by atoms with Crippen molar-refractivity contribution in [3.8, 4) is 0 Å². The van der Waals surface area contributed by atoms with Gasteiger partial charge in [-0.15, -0.1) is 0 Å². The topological polar surface area (TPSA) is 94.8 Å². The molecule has 200 valence electrons. The average molecular weight is 543 g/mol. The van der Waals surface area contributed by atoms with Gasteiger partial charge in [0.15, 0.2) is 11.5 Å². The number of anilines is 1. The van der Waals surface area contributed by atoms with Crippen LogP contribution in [0.25, 0.3) is 5.65 Å². The third kappa shape index (κ3) is 4.67. The molecule has 2 saturated heterocycles. The van der Waals surface area contributed by atoms with E-state index in [-0.39, 0.29) is 5.91 Å². The lowest BCUT2D eigenvalue weighted by Gasteiger charge is -2.39. The Hall–Kier alpha value is -3.46. The highest BCUT2D eigenvalue weighted by Crippen LogP contribution is 2.41. The van der Waals surface area contributed by atoms with Gasteiger partial charge in [-0.25, -0.2) is 9.50 Å². The Morgan fingerprint density at radius 3 is 2.49 bits per heavy atom. The van der Waals surface area contributed by atoms with Gasteiger partial charge in [0.05, 0.1) is 11.3 Å². The highest BCUT2D eigenvalue weighted by molar-refractivity contribution is 6.30. The van der Waals surface area contributed by atoms with Crippen molar-refractivity contribution in [3.63, 3.8) is 0 Å². The molecule has 3 N–H and O–H groups in total. The van der Waals surface area contributed by atoms with Gasteiger partial charge >= 0.3 is 0 Å². The molecule has 3 atom stereocenters. The molecule has 0 bridgehead atoms. The molecular formula is C30H31ClN6O2. The average Bonchev–Trinajstić information content (AvgIpc) is 3.27. The lowest BCUT2D eigenvalue weighted by Crippen LogP contribution is -2.42. The summed E-state index contributed by atoms with van der Waals surface area (Å²) in [6.07, 6.45) is 3.74. The second-order valence-electron chi connectivity index (χ2n) is 11.1. The van der Waals surface area contributed by atoms with E-state index in [9.17, 15) is 9.90 Å². The number of benzene rings is 2. The molecule has 1 saturated carbocycles. The minimum atomic E-state index is -0.858. The zero-order chi connectivity index (χ0) is 26.6. The molecule has 39 heavy (non-hydrogen) atoms. The van der Waals surface area contributed by atoms with Gasteiger partial charge in [0.25, 0.3) is 5.91 Å². The zero-order valence-electron chi connectivity index (χ0n) is 21.6. The standard InChI is InChI=1S/C30H31ClN6O2/c31-22-9-7-21(8-10-22)30(39)11-14-36(15-12-30)25-2-1-13-37-28(25)33-26(35-37)16-19-3-5-20(6-4-19)29(38)34-27-23-17-32-18-24(23)27/h1-10,13,23-24,27,32,39H,11-12,14-18H2,(H,34,38)/t23-,24+,27+. The van der Waals surface area contributed by atoms with E-state index < -0.39 is 5.60 Å². The summed E-state index contributed by atoms with van der Waals surface area (Å²) in [4.78, 5) is 19.8. The summed E-state index contributed by atoms with van der Waals surface area (Å²) in [5, 5.41) is 23.2. The van der Waals surface area contributed by atoms with Gasteiger partial charge in [0.1, 0.15) is 0 Å². The first-order valence-corrected chi connectivity index (χ1v) is 14.0. The maximum Gasteiger partial charge on any atom is 0.251 e. The van der Waals surface area contributed by atoms with E-state index >= 15 is 0 Å². The summed E-state index contributed by atoms with van der Waals surface area (Å²) >= 11 is 6.04. The smallest absolute Gasteiger partial charge is 0.251 e. The van der Waals surface area contributed by atoms with Crippen LogP contribution in [0.3, 0.4) is 0 Å². The van der Waals surface area contributed by atoms with Crippen LogP contribution in [0.15, 0.2) is 66.9 Å². The second kappa shape index (κ2) is 9.62. The van der Waals surface area contributed by atoms with E-state index in [0.29, 0.717) is 60.8 Å². The number of carbonyl (C=O) groups excluding carboxylic acids is 1. The number of amides is 1. The SMILES string of the molecule is O=C(N[C@H]1[C@@H]2CNC[C@@H]21)c1ccc(Cc2nc3c(N4CCC(O)(c5ccc(Cl)cc5)CC4)cccn3n2)cc1. The number of pyridine rings is 1. The Morgan fingerprint density at radius 2 is 1.77 bits per heavy atom. The maximum absolute atomic E-state index is 12.7. The number of halogens is 1. The van der Waals surface area contributed by atoms with Crippen molar-refractivity contribution in [3.05, 3.63) is 94.4 Å². The molecule has 0 radical (unpaired) electrons. The van der Waals surface area contributed by atoms with Crippen LogP contribution in [-0.2, 0) is 12.0 Å². The van der Waals surface area contributed by atoms with Crippen molar-refractivity contribution < 1.29 is 9.90 Å². The lowest BCUT2D eigenvalue weighted by atomic mass is 9.84. The molecule has 7 rings (SSSR count). The van der Waals surface area contributed by atoms with Gasteiger partial charge in [-0.3, -0.25) is 4.79 Å². The van der Waals surface area contributed by atoms with Gasteiger partial charge in [-0.1, -0.05) is 35.9 Å². The fraction of sp³-hybridized carbons (Fsp3) is 0.367. The number of aromatic nitrogens is 3. The molecule has 0 spiro atoms. The summed E-state index contributed by atoms with van der Waals surface area (Å²) in [6, 6.07) is 19.6. The number of hydrogen-bond donors (Lipinski definition) is 3. The lowest BCUT2D eigenvalue weighted by molar-refractivity contribution is 0.0118. The van der Waals surface area contributed by atoms with Crippen LogP contribution < -0.4 is 15.5 Å². The molecule has 2 aromatic carbocycles. The maximum atomic E-state index is 12.7. The van der Waals surface area contributed by atoms with E-state index in [1.54, 1.807) is 0 Å². The van der Waals surface area contributed by atoms with E-state index in [1.165, 1.54) is 0 Å². The third-order valence-corrected chi connectivity index (χ3v) is 8.92. The van der Waals surface area contributed by atoms with Crippen LogP contribution in [0, 0.1) is 11.8 Å². The first kappa shape index (κ1) is 24.6. The molecule has 4 heterocycles. The van der Waals surface area contributed by atoms with Gasteiger partial charge in [0.2, 0.25) is 0 Å². The minimum absolute atomic E-state index is 0.000870. The van der Waals surface area contributed by atoms with Crippen LogP contribution >= 0.6 is 11.6 Å². The fourth-order valence-electron chi connectivity index (χ4n) is 6.25. The van der Waals surface area contributed by atoms with Crippen LogP contribution in [-0.4, -0.2) is 57.8 Å². The van der Waals surface area contributed by atoms with Crippen LogP contribution in [0.4, 0.5) is 5.69 Å². The van der Waals surface area contributed by atoms with E-state index in [0.717, 1.165) is 41.4 Å². The highest BCUT2D eigenvalue weighted by atomic mass is 35.5. The quantitative estimate of drug-likeness (QED) is 0.346. The molecule has 8 nitrogen and oxygen atoms in total. The van der Waals surface area contributed by atoms with Crippen molar-refractivity contribution in [2.45, 2.75) is 30.9 Å². The number of hydrogen-bond acceptors (Lipinski definition) is 6. The Kier molecular flexibility index (Phi) is 6.06. The highest BCUT2D eigenvalue weighted by Gasteiger charge is 2.53. The van der Waals surface area contributed by atoms with E-state index in [2.05, 4.69) is 21.6 Å². The van der Waals surface area contributed by atoms with Crippen molar-refractivity contribution in [2.75, 3.05) is 31.1 Å². The van der Waals surface area contributed by atoms with Crippen LogP contribution in [0.2, 0.25) is 5.02 Å². The van der Waals surface area contributed by atoms with Crippen molar-refractivity contribution in [1.82, 2.24) is 25.2 Å². The summed E-state index contributed by atoms with van der Waals surface area (Å²) in [7, 11) is 0. The van der Waals surface area contributed by atoms with Gasteiger partial charge in [-0.05, 0) is 72.2 Å². The number of nitrogens with zero attached hydrogens (tertiary/aromatic N) is 4. The monoisotopic (exact) mass is 542 g/mol. The molecule has 1 aliphatic carbocycles. The predicted molar refractivity (Wildman–Crippen MR) is 150 cm³/mol. The Balaban J connectivity index is 1.02. The molecule has 2 aliphatic heterocycles. The number of piperidine rings is 2. The largest absolute Gasteiger partial charge is 0.385 e. The second-order valence-corrected chi connectivity index (χ2v) is 11.5. The Labute approximate surface area is 232 Å². The molecular weight excluding hydrogens is 512 g/mol. The van der Waals surface area contributed by atoms with Gasteiger partial charge in [0, 0.05) is 55.4 Å². The van der Waals surface area contributed by atoms with Crippen molar-refractivity contribution in [1.29, 1.82) is 0 Å². The number of aliphatic hydroxyl groups is 1. The first-order valence-electron chi connectivity index (χ1n) is 13.6. The molecule has 3 aliphatic rings. The zero-order valence-corrected chi connectivity index (χ0v) is 22.3. The van der Waals surface area contributed by atoms with Crippen molar-refractivity contribution >= 4 is 28.8 Å². The Bertz CT molecular complexity index is 1500.